The van der Waals surface area contributed by atoms with Crippen molar-refractivity contribution in [2.45, 2.75) is 32.4 Å². The molecule has 1 aliphatic heterocycles. The van der Waals surface area contributed by atoms with Gasteiger partial charge in [0.2, 0.25) is 0 Å². The van der Waals surface area contributed by atoms with Gasteiger partial charge in [-0.25, -0.2) is 4.98 Å². The number of rotatable bonds is 5. The van der Waals surface area contributed by atoms with E-state index >= 15 is 0 Å². The van der Waals surface area contributed by atoms with Crippen LogP contribution in [0.4, 0.5) is 0 Å². The number of aromatic nitrogens is 2. The number of hydrogen-bond donors (Lipinski definition) is 1. The van der Waals surface area contributed by atoms with Crippen molar-refractivity contribution >= 4 is 0 Å². The summed E-state index contributed by atoms with van der Waals surface area (Å²) in [6, 6.07) is 3.82. The monoisotopic (exact) mass is 289 g/mol. The lowest BCUT2D eigenvalue weighted by Crippen LogP contribution is -2.36. The van der Waals surface area contributed by atoms with Gasteiger partial charge in [0.15, 0.2) is 0 Å². The first-order valence-electron chi connectivity index (χ1n) is 7.61. The number of piperidine rings is 1. The second-order valence-electron chi connectivity index (χ2n) is 5.93. The number of likely N-dealkylation sites (tertiary alicyclic amines) is 1. The molecule has 0 saturated carbocycles. The summed E-state index contributed by atoms with van der Waals surface area (Å²) >= 11 is 0. The molecule has 0 aliphatic carbocycles. The van der Waals surface area contributed by atoms with Crippen molar-refractivity contribution in [3.05, 3.63) is 41.9 Å². The Balaban J connectivity index is 1.56. The van der Waals surface area contributed by atoms with Gasteiger partial charge in [0, 0.05) is 32.4 Å². The molecule has 2 aromatic heterocycles. The fourth-order valence-electron chi connectivity index (χ4n) is 3.13. The topological polar surface area (TPSA) is 54.4 Å². The molecule has 1 fully saturated rings. The number of aliphatic hydroxyl groups is 1. The second kappa shape index (κ2) is 6.45. The Labute approximate surface area is 125 Å². The minimum Gasteiger partial charge on any atom is -0.462 e. The molecule has 0 radical (unpaired) electrons. The van der Waals surface area contributed by atoms with Crippen LogP contribution in [0.25, 0.3) is 0 Å². The van der Waals surface area contributed by atoms with Crippen LogP contribution in [-0.4, -0.2) is 32.6 Å². The van der Waals surface area contributed by atoms with Crippen LogP contribution in [0.1, 0.15) is 30.2 Å². The zero-order valence-electron chi connectivity index (χ0n) is 12.5. The van der Waals surface area contributed by atoms with Gasteiger partial charge in [-0.15, -0.1) is 0 Å². The van der Waals surface area contributed by atoms with Gasteiger partial charge < -0.3 is 14.1 Å². The number of nitrogens with zero attached hydrogens (tertiary/aromatic N) is 3. The highest BCUT2D eigenvalue weighted by Gasteiger charge is 2.22. The standard InChI is InChI=1S/C16H23N3O2/c1-18-8-6-17-16(18)9-13-3-2-7-19(10-13)11-14-4-5-15(12-20)21-14/h4-6,8,13,20H,2-3,7,9-12H2,1H3/t13-/m0/s1. The number of aliphatic hydroxyl groups excluding tert-OH is 1. The molecule has 0 aromatic carbocycles. The third kappa shape index (κ3) is 3.54. The van der Waals surface area contributed by atoms with Crippen LogP contribution in [0.3, 0.4) is 0 Å². The van der Waals surface area contributed by atoms with Gasteiger partial charge in [0.25, 0.3) is 0 Å². The average molecular weight is 289 g/mol. The van der Waals surface area contributed by atoms with Crippen molar-refractivity contribution < 1.29 is 9.52 Å². The maximum Gasteiger partial charge on any atom is 0.129 e. The molecule has 3 heterocycles. The summed E-state index contributed by atoms with van der Waals surface area (Å²) in [6.45, 7) is 3.01. The molecule has 21 heavy (non-hydrogen) atoms. The molecule has 2 aromatic rings. The van der Waals surface area contributed by atoms with Gasteiger partial charge in [-0.1, -0.05) is 0 Å². The largest absolute Gasteiger partial charge is 0.462 e. The molecule has 0 bridgehead atoms. The molecule has 0 amide bonds. The Morgan fingerprint density at radius 3 is 2.95 bits per heavy atom. The van der Waals surface area contributed by atoms with Crippen molar-refractivity contribution in [3.63, 3.8) is 0 Å². The van der Waals surface area contributed by atoms with Crippen LogP contribution < -0.4 is 0 Å². The SMILES string of the molecule is Cn1ccnc1C[C@@H]1CCCN(Cc2ccc(CO)o2)C1. The molecule has 1 aliphatic rings. The van der Waals surface area contributed by atoms with Crippen LogP contribution in [-0.2, 0) is 26.6 Å². The van der Waals surface area contributed by atoms with Crippen LogP contribution in [0.5, 0.6) is 0 Å². The second-order valence-corrected chi connectivity index (χ2v) is 5.93. The summed E-state index contributed by atoms with van der Waals surface area (Å²) in [6.07, 6.45) is 7.41. The summed E-state index contributed by atoms with van der Waals surface area (Å²) in [5, 5.41) is 9.05. The summed E-state index contributed by atoms with van der Waals surface area (Å²) in [5.41, 5.74) is 0. The number of aryl methyl sites for hydroxylation is 1. The molecular weight excluding hydrogens is 266 g/mol. The Morgan fingerprint density at radius 2 is 2.24 bits per heavy atom. The molecule has 5 heteroatoms. The lowest BCUT2D eigenvalue weighted by atomic mass is 9.94. The summed E-state index contributed by atoms with van der Waals surface area (Å²) in [5.74, 6) is 3.41. The van der Waals surface area contributed by atoms with Gasteiger partial charge in [0.1, 0.15) is 24.0 Å². The smallest absolute Gasteiger partial charge is 0.129 e. The number of furan rings is 1. The summed E-state index contributed by atoms with van der Waals surface area (Å²) < 4.78 is 7.70. The van der Waals surface area contributed by atoms with Gasteiger partial charge >= 0.3 is 0 Å². The minimum atomic E-state index is -0.0260. The molecule has 5 nitrogen and oxygen atoms in total. The minimum absolute atomic E-state index is 0.0260. The quantitative estimate of drug-likeness (QED) is 0.914. The molecule has 1 N–H and O–H groups in total. The van der Waals surface area contributed by atoms with E-state index < -0.39 is 0 Å². The Bertz CT molecular complexity index is 576. The molecule has 0 unspecified atom stereocenters. The number of hydrogen-bond acceptors (Lipinski definition) is 4. The first-order chi connectivity index (χ1) is 10.2. The average Bonchev–Trinajstić information content (AvgIpc) is 3.09. The van der Waals surface area contributed by atoms with Gasteiger partial charge in [-0.3, -0.25) is 4.90 Å². The Morgan fingerprint density at radius 1 is 1.38 bits per heavy atom. The lowest BCUT2D eigenvalue weighted by Gasteiger charge is -2.32. The predicted molar refractivity (Wildman–Crippen MR) is 79.5 cm³/mol. The fourth-order valence-corrected chi connectivity index (χ4v) is 3.13. The maximum atomic E-state index is 9.05. The molecule has 1 atom stereocenters. The first-order valence-corrected chi connectivity index (χ1v) is 7.61. The van der Waals surface area contributed by atoms with E-state index in [1.165, 1.54) is 18.7 Å². The summed E-state index contributed by atoms with van der Waals surface area (Å²) in [4.78, 5) is 6.87. The van der Waals surface area contributed by atoms with E-state index in [-0.39, 0.29) is 6.61 Å². The van der Waals surface area contributed by atoms with Crippen LogP contribution in [0.2, 0.25) is 0 Å². The van der Waals surface area contributed by atoms with Gasteiger partial charge in [0.05, 0.1) is 6.54 Å². The normalized spacial score (nSPS) is 20.0. The highest BCUT2D eigenvalue weighted by molar-refractivity contribution is 5.06. The molecular formula is C16H23N3O2. The third-order valence-electron chi connectivity index (χ3n) is 4.25. The van der Waals surface area contributed by atoms with E-state index in [1.807, 2.05) is 24.5 Å². The summed E-state index contributed by atoms with van der Waals surface area (Å²) in [7, 11) is 2.06. The van der Waals surface area contributed by atoms with E-state index in [0.29, 0.717) is 11.7 Å². The van der Waals surface area contributed by atoms with Crippen molar-refractivity contribution in [2.75, 3.05) is 13.1 Å². The van der Waals surface area contributed by atoms with E-state index in [2.05, 4.69) is 21.5 Å². The maximum absolute atomic E-state index is 9.05. The van der Waals surface area contributed by atoms with E-state index in [9.17, 15) is 0 Å². The third-order valence-corrected chi connectivity index (χ3v) is 4.25. The molecule has 3 rings (SSSR count). The van der Waals surface area contributed by atoms with Crippen LogP contribution >= 0.6 is 0 Å². The zero-order chi connectivity index (χ0) is 14.7. The fraction of sp³-hybridized carbons (Fsp3) is 0.562. The van der Waals surface area contributed by atoms with Crippen molar-refractivity contribution in [1.82, 2.24) is 14.5 Å². The Hall–Kier alpha value is -1.59. The predicted octanol–water partition coefficient (Wildman–Crippen LogP) is 1.96. The van der Waals surface area contributed by atoms with Crippen molar-refractivity contribution in [1.29, 1.82) is 0 Å². The molecule has 114 valence electrons. The Kier molecular flexibility index (Phi) is 4.41. The van der Waals surface area contributed by atoms with Crippen LogP contribution in [0.15, 0.2) is 28.9 Å². The number of imidazole rings is 1. The zero-order valence-corrected chi connectivity index (χ0v) is 12.5. The first kappa shape index (κ1) is 14.4. The van der Waals surface area contributed by atoms with Gasteiger partial charge in [-0.05, 0) is 37.4 Å². The van der Waals surface area contributed by atoms with Crippen LogP contribution in [0, 0.1) is 5.92 Å². The van der Waals surface area contributed by atoms with Crippen molar-refractivity contribution in [3.8, 4) is 0 Å². The van der Waals surface area contributed by atoms with Gasteiger partial charge in [-0.2, -0.15) is 0 Å². The lowest BCUT2D eigenvalue weighted by molar-refractivity contribution is 0.152. The molecule has 1 saturated heterocycles. The highest BCUT2D eigenvalue weighted by atomic mass is 16.4. The highest BCUT2D eigenvalue weighted by Crippen LogP contribution is 2.22. The van der Waals surface area contributed by atoms with E-state index in [0.717, 1.165) is 31.8 Å². The van der Waals surface area contributed by atoms with E-state index in [1.54, 1.807) is 0 Å². The van der Waals surface area contributed by atoms with E-state index in [4.69, 9.17) is 9.52 Å². The molecule has 0 spiro atoms. The van der Waals surface area contributed by atoms with Crippen molar-refractivity contribution in [2.24, 2.45) is 13.0 Å².